The average Bonchev–Trinajstić information content (AvgIpc) is 1.33. The Bertz CT molecular complexity index is 78.9. The minimum absolute atomic E-state index is 0.250. The lowest BCUT2D eigenvalue weighted by molar-refractivity contribution is -0.191. The van der Waals surface area contributed by atoms with Gasteiger partial charge in [-0.05, 0) is 0 Å². The molecule has 5 heteroatoms. The molecule has 0 saturated heterocycles. The Kier molecular flexibility index (Phi) is 11.6. The van der Waals surface area contributed by atoms with Crippen molar-refractivity contribution in [1.82, 2.24) is 0 Å². The largest absolute Gasteiger partial charge is 0.373 e. The minimum atomic E-state index is -0.333. The van der Waals surface area contributed by atoms with Crippen LogP contribution in [0.1, 0.15) is 0 Å². The molecule has 0 spiro atoms. The van der Waals surface area contributed by atoms with Gasteiger partial charge in [-0.3, -0.25) is 5.41 Å². The molecule has 0 aromatic heterocycles. The van der Waals surface area contributed by atoms with Crippen molar-refractivity contribution in [2.75, 3.05) is 0 Å². The highest BCUT2D eigenvalue weighted by Gasteiger charge is 1.52. The fourth-order valence-corrected chi connectivity index (χ4v) is 0. The third kappa shape index (κ3) is 17.9. The summed E-state index contributed by atoms with van der Waals surface area (Å²) in [5.74, 6) is -0.333. The van der Waals surface area contributed by atoms with Crippen LogP contribution in [0.3, 0.4) is 0 Å². The number of hydrogen-bond acceptors (Lipinski definition) is 3. The highest BCUT2D eigenvalue weighted by atomic mass is 16.2. The standard InChI is InChI=1S/CH5N3.CO2/c2-1(3)4;2-1-3/h(H5,2,3,4);. The second kappa shape index (κ2) is 8.82. The quantitative estimate of drug-likeness (QED) is 0.249. The third-order valence-electron chi connectivity index (χ3n) is 0. The first-order valence-corrected chi connectivity index (χ1v) is 1.24. The molecule has 0 bridgehead atoms. The van der Waals surface area contributed by atoms with Gasteiger partial charge in [-0.1, -0.05) is 0 Å². The van der Waals surface area contributed by atoms with Crippen LogP contribution in [0.25, 0.3) is 0 Å². The maximum Gasteiger partial charge on any atom is 0.373 e. The van der Waals surface area contributed by atoms with E-state index in [9.17, 15) is 0 Å². The molecule has 5 nitrogen and oxygen atoms in total. The van der Waals surface area contributed by atoms with Crippen LogP contribution >= 0.6 is 0 Å². The number of rotatable bonds is 0. The summed E-state index contributed by atoms with van der Waals surface area (Å²) in [4.78, 5) is 16.2. The van der Waals surface area contributed by atoms with Gasteiger partial charge in [0.15, 0.2) is 5.96 Å². The van der Waals surface area contributed by atoms with E-state index >= 15 is 0 Å². The summed E-state index contributed by atoms with van der Waals surface area (Å²) in [5.41, 5.74) is 8.94. The molecule has 0 aromatic rings. The summed E-state index contributed by atoms with van der Waals surface area (Å²) in [5, 5.41) is 6.06. The molecule has 40 valence electrons. The highest BCUT2D eigenvalue weighted by molar-refractivity contribution is 5.71. The van der Waals surface area contributed by atoms with E-state index in [-0.39, 0.29) is 12.1 Å². The van der Waals surface area contributed by atoms with Gasteiger partial charge in [-0.2, -0.15) is 9.59 Å². The van der Waals surface area contributed by atoms with E-state index in [1.807, 2.05) is 0 Å². The lowest BCUT2D eigenvalue weighted by atomic mass is 11.1. The Balaban J connectivity index is 0. The Morgan fingerprint density at radius 2 is 1.43 bits per heavy atom. The monoisotopic (exact) mass is 103 g/mol. The maximum atomic E-state index is 8.12. The van der Waals surface area contributed by atoms with E-state index in [0.717, 1.165) is 0 Å². The van der Waals surface area contributed by atoms with Gasteiger partial charge in [0.05, 0.1) is 0 Å². The predicted molar refractivity (Wildman–Crippen MR) is 21.1 cm³/mol. The van der Waals surface area contributed by atoms with Crippen LogP contribution in [-0.4, -0.2) is 12.1 Å². The van der Waals surface area contributed by atoms with Crippen molar-refractivity contribution in [3.05, 3.63) is 0 Å². The topological polar surface area (TPSA) is 110 Å². The predicted octanol–water partition coefficient (Wildman–Crippen LogP) is -1.74. The summed E-state index contributed by atoms with van der Waals surface area (Å²) >= 11 is 0. The second-order valence-corrected chi connectivity index (χ2v) is 0.539. The van der Waals surface area contributed by atoms with E-state index in [0.29, 0.717) is 0 Å². The maximum absolute atomic E-state index is 8.12. The summed E-state index contributed by atoms with van der Waals surface area (Å²) in [6.45, 7) is 0. The van der Waals surface area contributed by atoms with Crippen molar-refractivity contribution < 1.29 is 9.59 Å². The number of hydrogen-bond donors (Lipinski definition) is 3. The fraction of sp³-hybridized carbons (Fsp3) is 0. The number of carbonyl (C=O) groups excluding carboxylic acids is 2. The zero-order valence-corrected chi connectivity index (χ0v) is 3.47. The van der Waals surface area contributed by atoms with E-state index in [4.69, 9.17) is 15.0 Å². The van der Waals surface area contributed by atoms with Gasteiger partial charge in [-0.15, -0.1) is 0 Å². The first kappa shape index (κ1) is 9.17. The first-order valence-electron chi connectivity index (χ1n) is 1.24. The summed E-state index contributed by atoms with van der Waals surface area (Å²) in [6, 6.07) is 0. The van der Waals surface area contributed by atoms with Gasteiger partial charge in [0, 0.05) is 0 Å². The molecular formula is C2H5N3O2. The highest BCUT2D eigenvalue weighted by Crippen LogP contribution is 1.13. The van der Waals surface area contributed by atoms with Crippen molar-refractivity contribution >= 4 is 12.1 Å². The molecular weight excluding hydrogens is 98.0 g/mol. The van der Waals surface area contributed by atoms with Crippen LogP contribution in [0.5, 0.6) is 0 Å². The summed E-state index contributed by atoms with van der Waals surface area (Å²) in [7, 11) is 0. The number of nitrogens with two attached hydrogens (primary N) is 2. The van der Waals surface area contributed by atoms with E-state index in [2.05, 4.69) is 11.5 Å². The molecule has 0 radical (unpaired) electrons. The summed E-state index contributed by atoms with van der Waals surface area (Å²) < 4.78 is 0. The second-order valence-electron chi connectivity index (χ2n) is 0.539. The molecule has 0 heterocycles. The van der Waals surface area contributed by atoms with Crippen LogP contribution in [0.15, 0.2) is 0 Å². The molecule has 0 rings (SSSR count). The van der Waals surface area contributed by atoms with Gasteiger partial charge < -0.3 is 11.5 Å². The summed E-state index contributed by atoms with van der Waals surface area (Å²) in [6.07, 6.45) is 0.250. The molecule has 5 N–H and O–H groups in total. The van der Waals surface area contributed by atoms with Crippen molar-refractivity contribution in [3.63, 3.8) is 0 Å². The molecule has 0 unspecified atom stereocenters. The first-order chi connectivity index (χ1) is 3.15. The molecule has 0 saturated carbocycles. The molecule has 0 aliphatic heterocycles. The molecule has 7 heavy (non-hydrogen) atoms. The SMILES string of the molecule is N=C(N)N.O=C=O. The number of nitrogens with one attached hydrogen (secondary N) is 1. The van der Waals surface area contributed by atoms with Gasteiger partial charge in [0.2, 0.25) is 0 Å². The van der Waals surface area contributed by atoms with Crippen molar-refractivity contribution in [3.8, 4) is 0 Å². The zero-order chi connectivity index (χ0) is 6.28. The van der Waals surface area contributed by atoms with Crippen LogP contribution in [0.4, 0.5) is 0 Å². The van der Waals surface area contributed by atoms with Crippen molar-refractivity contribution in [2.24, 2.45) is 11.5 Å². The van der Waals surface area contributed by atoms with Crippen LogP contribution < -0.4 is 11.5 Å². The van der Waals surface area contributed by atoms with Gasteiger partial charge in [0.1, 0.15) is 0 Å². The average molecular weight is 103 g/mol. The number of guanidine groups is 1. The van der Waals surface area contributed by atoms with Gasteiger partial charge in [0.25, 0.3) is 0 Å². The van der Waals surface area contributed by atoms with Gasteiger partial charge >= 0.3 is 6.15 Å². The van der Waals surface area contributed by atoms with Crippen LogP contribution in [0, 0.1) is 5.41 Å². The Labute approximate surface area is 39.8 Å². The third-order valence-corrected chi connectivity index (χ3v) is 0. The lowest BCUT2D eigenvalue weighted by Gasteiger charge is -1.69. The van der Waals surface area contributed by atoms with Crippen LogP contribution in [0.2, 0.25) is 0 Å². The van der Waals surface area contributed by atoms with E-state index in [1.54, 1.807) is 0 Å². The van der Waals surface area contributed by atoms with Crippen LogP contribution in [-0.2, 0) is 9.59 Å². The smallest absolute Gasteiger partial charge is 0.370 e. The molecule has 0 atom stereocenters. The normalized spacial score (nSPS) is 4.57. The molecule has 0 fully saturated rings. The zero-order valence-electron chi connectivity index (χ0n) is 3.47. The Hall–Kier alpha value is -1.35. The van der Waals surface area contributed by atoms with Crippen molar-refractivity contribution in [1.29, 1.82) is 5.41 Å². The van der Waals surface area contributed by atoms with Gasteiger partial charge in [-0.25, -0.2) is 0 Å². The molecule has 0 aliphatic carbocycles. The molecule has 0 amide bonds. The van der Waals surface area contributed by atoms with E-state index < -0.39 is 0 Å². The fourth-order valence-electron chi connectivity index (χ4n) is 0. The Morgan fingerprint density at radius 1 is 1.43 bits per heavy atom. The molecule has 0 aliphatic rings. The lowest BCUT2D eigenvalue weighted by Crippen LogP contribution is -2.20. The molecule has 0 aromatic carbocycles. The van der Waals surface area contributed by atoms with E-state index in [1.165, 1.54) is 0 Å². The minimum Gasteiger partial charge on any atom is -0.370 e. The Morgan fingerprint density at radius 3 is 1.43 bits per heavy atom. The van der Waals surface area contributed by atoms with Crippen molar-refractivity contribution in [2.45, 2.75) is 0 Å².